The second kappa shape index (κ2) is 9.63. The van der Waals surface area contributed by atoms with Gasteiger partial charge in [0.05, 0.1) is 21.3 Å². The van der Waals surface area contributed by atoms with Crippen LogP contribution in [0.2, 0.25) is 0 Å². The zero-order chi connectivity index (χ0) is 17.4. The van der Waals surface area contributed by atoms with Crippen LogP contribution in [0.5, 0.6) is 17.2 Å². The Morgan fingerprint density at radius 3 is 1.96 bits per heavy atom. The smallest absolute Gasteiger partial charge is 0.203 e. The lowest BCUT2D eigenvalue weighted by atomic mass is 10.0. The largest absolute Gasteiger partial charge is 0.493 e. The molecule has 0 heterocycles. The van der Waals surface area contributed by atoms with Gasteiger partial charge in [0.25, 0.3) is 0 Å². The van der Waals surface area contributed by atoms with E-state index in [1.807, 2.05) is 12.1 Å². The summed E-state index contributed by atoms with van der Waals surface area (Å²) in [4.78, 5) is 2.28. The van der Waals surface area contributed by atoms with Crippen molar-refractivity contribution in [3.63, 3.8) is 0 Å². The maximum absolute atomic E-state index is 5.40. The molecule has 0 aliphatic heterocycles. The van der Waals surface area contributed by atoms with Crippen molar-refractivity contribution in [2.75, 3.05) is 42.0 Å². The van der Waals surface area contributed by atoms with Crippen LogP contribution < -0.4 is 19.5 Å². The summed E-state index contributed by atoms with van der Waals surface area (Å²) in [7, 11) is 9.16. The lowest BCUT2D eigenvalue weighted by molar-refractivity contribution is 0.246. The Hall–Kier alpha value is -1.46. The van der Waals surface area contributed by atoms with Crippen molar-refractivity contribution in [1.29, 1.82) is 0 Å². The molecule has 5 heteroatoms. The van der Waals surface area contributed by atoms with E-state index in [2.05, 4.69) is 38.2 Å². The average Bonchev–Trinajstić information content (AvgIpc) is 2.52. The molecule has 0 bridgehead atoms. The van der Waals surface area contributed by atoms with E-state index in [1.54, 1.807) is 21.3 Å². The molecule has 0 spiro atoms. The molecule has 0 fully saturated rings. The molecule has 1 rings (SSSR count). The predicted molar refractivity (Wildman–Crippen MR) is 94.7 cm³/mol. The molecule has 1 aromatic rings. The Morgan fingerprint density at radius 1 is 1.00 bits per heavy atom. The highest BCUT2D eigenvalue weighted by Crippen LogP contribution is 2.38. The molecule has 132 valence electrons. The van der Waals surface area contributed by atoms with E-state index >= 15 is 0 Å². The van der Waals surface area contributed by atoms with Gasteiger partial charge in [-0.2, -0.15) is 0 Å². The standard InChI is InChI=1S/C18H32N2O3/c1-13(2)8-15(20(3)4)12-19-11-14-9-16(21-5)18(23-7)17(10-14)22-6/h9-10,13,15,19H,8,11-12H2,1-7H3. The summed E-state index contributed by atoms with van der Waals surface area (Å²) in [6, 6.07) is 4.50. The molecule has 0 radical (unpaired) electrons. The SMILES string of the molecule is COc1cc(CNCC(CC(C)C)N(C)C)cc(OC)c1OC. The van der Waals surface area contributed by atoms with Crippen molar-refractivity contribution in [3.8, 4) is 17.2 Å². The first-order chi connectivity index (χ1) is 10.9. The maximum Gasteiger partial charge on any atom is 0.203 e. The predicted octanol–water partition coefficient (Wildman–Crippen LogP) is 2.78. The minimum atomic E-state index is 0.525. The molecular weight excluding hydrogens is 292 g/mol. The van der Waals surface area contributed by atoms with Crippen molar-refractivity contribution in [1.82, 2.24) is 10.2 Å². The summed E-state index contributed by atoms with van der Waals surface area (Å²) >= 11 is 0. The normalized spacial score (nSPS) is 12.6. The molecule has 0 aromatic heterocycles. The zero-order valence-corrected chi connectivity index (χ0v) is 15.6. The molecular formula is C18H32N2O3. The number of hydrogen-bond acceptors (Lipinski definition) is 5. The summed E-state index contributed by atoms with van der Waals surface area (Å²) < 4.78 is 16.1. The minimum absolute atomic E-state index is 0.525. The Labute approximate surface area is 140 Å². The number of rotatable bonds is 10. The van der Waals surface area contributed by atoms with Crippen LogP contribution in [0.4, 0.5) is 0 Å². The van der Waals surface area contributed by atoms with Gasteiger partial charge in [0.1, 0.15) is 0 Å². The summed E-state index contributed by atoms with van der Waals surface area (Å²) in [6.45, 7) is 6.23. The van der Waals surface area contributed by atoms with Crippen LogP contribution in [0.1, 0.15) is 25.8 Å². The summed E-state index contributed by atoms with van der Waals surface area (Å²) in [5.74, 6) is 2.69. The summed E-state index contributed by atoms with van der Waals surface area (Å²) in [5.41, 5.74) is 1.11. The molecule has 0 aliphatic carbocycles. The Bertz CT molecular complexity index is 450. The van der Waals surface area contributed by atoms with Gasteiger partial charge in [0.15, 0.2) is 11.5 Å². The van der Waals surface area contributed by atoms with Gasteiger partial charge in [0.2, 0.25) is 5.75 Å². The number of ether oxygens (including phenoxy) is 3. The molecule has 1 atom stereocenters. The molecule has 5 nitrogen and oxygen atoms in total. The third-order valence-corrected chi connectivity index (χ3v) is 3.91. The Balaban J connectivity index is 2.73. The van der Waals surface area contributed by atoms with E-state index < -0.39 is 0 Å². The number of nitrogens with one attached hydrogen (secondary N) is 1. The maximum atomic E-state index is 5.40. The van der Waals surface area contributed by atoms with Crippen LogP contribution >= 0.6 is 0 Å². The molecule has 0 saturated carbocycles. The third-order valence-electron chi connectivity index (χ3n) is 3.91. The average molecular weight is 324 g/mol. The van der Waals surface area contributed by atoms with E-state index in [0.29, 0.717) is 29.2 Å². The van der Waals surface area contributed by atoms with E-state index in [0.717, 1.165) is 18.7 Å². The first-order valence-corrected chi connectivity index (χ1v) is 8.08. The lowest BCUT2D eigenvalue weighted by Crippen LogP contribution is -2.38. The lowest BCUT2D eigenvalue weighted by Gasteiger charge is -2.26. The van der Waals surface area contributed by atoms with E-state index in [4.69, 9.17) is 14.2 Å². The molecule has 0 saturated heterocycles. The number of hydrogen-bond donors (Lipinski definition) is 1. The molecule has 23 heavy (non-hydrogen) atoms. The monoisotopic (exact) mass is 324 g/mol. The van der Waals surface area contributed by atoms with Gasteiger partial charge in [-0.25, -0.2) is 0 Å². The van der Waals surface area contributed by atoms with Crippen molar-refractivity contribution in [3.05, 3.63) is 17.7 Å². The van der Waals surface area contributed by atoms with Crippen molar-refractivity contribution >= 4 is 0 Å². The van der Waals surface area contributed by atoms with Crippen LogP contribution in [0.15, 0.2) is 12.1 Å². The molecule has 1 aromatic carbocycles. The topological polar surface area (TPSA) is 43.0 Å². The highest BCUT2D eigenvalue weighted by molar-refractivity contribution is 5.53. The van der Waals surface area contributed by atoms with Crippen LogP contribution in [0, 0.1) is 5.92 Å². The fourth-order valence-electron chi connectivity index (χ4n) is 2.64. The van der Waals surface area contributed by atoms with Crippen LogP contribution in [-0.2, 0) is 6.54 Å². The Morgan fingerprint density at radius 2 is 1.57 bits per heavy atom. The first-order valence-electron chi connectivity index (χ1n) is 8.08. The number of nitrogens with zero attached hydrogens (tertiary/aromatic N) is 1. The van der Waals surface area contributed by atoms with Crippen molar-refractivity contribution in [2.24, 2.45) is 5.92 Å². The molecule has 1 unspecified atom stereocenters. The van der Waals surface area contributed by atoms with Crippen molar-refractivity contribution < 1.29 is 14.2 Å². The summed E-state index contributed by atoms with van der Waals surface area (Å²) in [5, 5.41) is 3.53. The van der Waals surface area contributed by atoms with E-state index in [-0.39, 0.29) is 0 Å². The van der Waals surface area contributed by atoms with Gasteiger partial charge in [-0.05, 0) is 44.1 Å². The second-order valence-corrected chi connectivity index (χ2v) is 6.41. The molecule has 0 amide bonds. The Kier molecular flexibility index (Phi) is 8.20. The molecule has 1 N–H and O–H groups in total. The van der Waals surface area contributed by atoms with Gasteiger partial charge in [-0.3, -0.25) is 0 Å². The fraction of sp³-hybridized carbons (Fsp3) is 0.667. The van der Waals surface area contributed by atoms with Gasteiger partial charge in [-0.15, -0.1) is 0 Å². The van der Waals surface area contributed by atoms with Crippen LogP contribution in [0.25, 0.3) is 0 Å². The minimum Gasteiger partial charge on any atom is -0.493 e. The zero-order valence-electron chi connectivity index (χ0n) is 15.6. The number of methoxy groups -OCH3 is 3. The van der Waals surface area contributed by atoms with Gasteiger partial charge in [-0.1, -0.05) is 13.8 Å². The summed E-state index contributed by atoms with van der Waals surface area (Å²) in [6.07, 6.45) is 1.18. The van der Waals surface area contributed by atoms with Crippen LogP contribution in [0.3, 0.4) is 0 Å². The van der Waals surface area contributed by atoms with Gasteiger partial charge < -0.3 is 24.4 Å². The van der Waals surface area contributed by atoms with Crippen molar-refractivity contribution in [2.45, 2.75) is 32.9 Å². The van der Waals surface area contributed by atoms with E-state index in [1.165, 1.54) is 6.42 Å². The quantitative estimate of drug-likeness (QED) is 0.717. The highest BCUT2D eigenvalue weighted by atomic mass is 16.5. The first kappa shape index (κ1) is 19.6. The van der Waals surface area contributed by atoms with Crippen LogP contribution in [-0.4, -0.2) is 52.9 Å². The number of likely N-dealkylation sites (N-methyl/N-ethyl adjacent to an activating group) is 1. The van der Waals surface area contributed by atoms with Gasteiger partial charge >= 0.3 is 0 Å². The second-order valence-electron chi connectivity index (χ2n) is 6.41. The van der Waals surface area contributed by atoms with E-state index in [9.17, 15) is 0 Å². The fourth-order valence-corrected chi connectivity index (χ4v) is 2.64. The molecule has 0 aliphatic rings. The highest BCUT2D eigenvalue weighted by Gasteiger charge is 2.15. The van der Waals surface area contributed by atoms with Gasteiger partial charge in [0, 0.05) is 19.1 Å². The third kappa shape index (κ3) is 5.92. The number of benzene rings is 1.